The van der Waals surface area contributed by atoms with Gasteiger partial charge in [0.05, 0.1) is 4.58 Å². The Kier molecular flexibility index (Phi) is 9.85. The molecule has 0 aromatic rings. The van der Waals surface area contributed by atoms with Crippen molar-refractivity contribution in [3.05, 3.63) is 0 Å². The summed E-state index contributed by atoms with van der Waals surface area (Å²) in [6.45, 7) is 6.67. The maximum absolute atomic E-state index is 12.4. The monoisotopic (exact) mass is 332 g/mol. The van der Waals surface area contributed by atoms with Crippen LogP contribution in [-0.2, 0) is 4.79 Å². The third-order valence-corrected chi connectivity index (χ3v) is 7.32. The zero-order valence-electron chi connectivity index (χ0n) is 13.8. The van der Waals surface area contributed by atoms with E-state index >= 15 is 0 Å². The molecule has 5 heteroatoms. The number of amides is 1. The van der Waals surface area contributed by atoms with Crippen LogP contribution < -0.4 is 11.1 Å². The smallest absolute Gasteiger partial charge is 0.239 e. The molecule has 0 aromatic carbocycles. The van der Waals surface area contributed by atoms with Gasteiger partial charge in [0.25, 0.3) is 0 Å². The van der Waals surface area contributed by atoms with Crippen molar-refractivity contribution in [3.63, 3.8) is 0 Å². The molecule has 0 aliphatic carbocycles. The summed E-state index contributed by atoms with van der Waals surface area (Å²) in [7, 11) is 0. The molecule has 1 amide bonds. The largest absolute Gasteiger partial charge is 0.352 e. The van der Waals surface area contributed by atoms with E-state index in [-0.39, 0.29) is 16.5 Å². The topological polar surface area (TPSA) is 55.1 Å². The second kappa shape index (κ2) is 10.8. The van der Waals surface area contributed by atoms with E-state index in [1.54, 1.807) is 0 Å². The molecular weight excluding hydrogens is 300 g/mol. The molecule has 1 rings (SSSR count). The number of hydrogen-bond donors (Lipinski definition) is 2. The standard InChI is InChI=1S/C16H32N2OS2/c1-4-7-12(6-3)11-13(8-5-2)18-15(19)14(17)16-20-9-10-21-16/h12-14,16H,4-11,17H2,1-3H3,(H,18,19)/t12?,13-,14?/m1/s1. The highest BCUT2D eigenvalue weighted by Crippen LogP contribution is 2.33. The van der Waals surface area contributed by atoms with Gasteiger partial charge in [-0.1, -0.05) is 46.5 Å². The van der Waals surface area contributed by atoms with Gasteiger partial charge in [-0.2, -0.15) is 0 Å². The van der Waals surface area contributed by atoms with E-state index in [2.05, 4.69) is 26.1 Å². The van der Waals surface area contributed by atoms with E-state index < -0.39 is 0 Å². The maximum Gasteiger partial charge on any atom is 0.239 e. The molecule has 1 heterocycles. The lowest BCUT2D eigenvalue weighted by molar-refractivity contribution is -0.122. The molecular formula is C16H32N2OS2. The van der Waals surface area contributed by atoms with E-state index in [0.29, 0.717) is 6.04 Å². The number of hydrogen-bond acceptors (Lipinski definition) is 4. The fourth-order valence-corrected chi connectivity index (χ4v) is 5.76. The van der Waals surface area contributed by atoms with Gasteiger partial charge in [0.1, 0.15) is 6.04 Å². The van der Waals surface area contributed by atoms with Crippen molar-refractivity contribution in [1.82, 2.24) is 5.32 Å². The molecule has 0 radical (unpaired) electrons. The number of nitrogens with two attached hydrogens (primary N) is 1. The van der Waals surface area contributed by atoms with E-state index in [1.165, 1.54) is 19.3 Å². The molecule has 124 valence electrons. The Morgan fingerprint density at radius 2 is 1.81 bits per heavy atom. The second-order valence-corrected chi connectivity index (χ2v) is 8.73. The maximum atomic E-state index is 12.4. The molecule has 0 bridgehead atoms. The van der Waals surface area contributed by atoms with Gasteiger partial charge in [0, 0.05) is 17.5 Å². The molecule has 0 aromatic heterocycles. The van der Waals surface area contributed by atoms with Gasteiger partial charge >= 0.3 is 0 Å². The summed E-state index contributed by atoms with van der Waals surface area (Å²) in [5.41, 5.74) is 6.14. The summed E-state index contributed by atoms with van der Waals surface area (Å²) in [4.78, 5) is 12.4. The van der Waals surface area contributed by atoms with Crippen molar-refractivity contribution in [2.24, 2.45) is 11.7 Å². The minimum atomic E-state index is -0.367. The molecule has 3 atom stereocenters. The van der Waals surface area contributed by atoms with Gasteiger partial charge in [0.2, 0.25) is 5.91 Å². The average molecular weight is 333 g/mol. The van der Waals surface area contributed by atoms with E-state index in [0.717, 1.165) is 36.7 Å². The Labute approximate surface area is 139 Å². The highest BCUT2D eigenvalue weighted by atomic mass is 32.2. The van der Waals surface area contributed by atoms with Crippen molar-refractivity contribution in [2.45, 2.75) is 76.0 Å². The van der Waals surface area contributed by atoms with Gasteiger partial charge < -0.3 is 11.1 Å². The first kappa shape index (κ1) is 19.2. The number of carbonyl (C=O) groups is 1. The molecule has 0 spiro atoms. The zero-order chi connectivity index (χ0) is 15.7. The van der Waals surface area contributed by atoms with Crippen LogP contribution in [0.25, 0.3) is 0 Å². The Morgan fingerprint density at radius 1 is 1.19 bits per heavy atom. The van der Waals surface area contributed by atoms with Gasteiger partial charge in [-0.25, -0.2) is 0 Å². The predicted octanol–water partition coefficient (Wildman–Crippen LogP) is 3.62. The molecule has 21 heavy (non-hydrogen) atoms. The quantitative estimate of drug-likeness (QED) is 0.641. The minimum absolute atomic E-state index is 0.0479. The predicted molar refractivity (Wildman–Crippen MR) is 96.8 cm³/mol. The van der Waals surface area contributed by atoms with Crippen LogP contribution in [0.3, 0.4) is 0 Å². The highest BCUT2D eigenvalue weighted by molar-refractivity contribution is 8.20. The highest BCUT2D eigenvalue weighted by Gasteiger charge is 2.30. The summed E-state index contributed by atoms with van der Waals surface area (Å²) in [6, 6.07) is -0.0745. The van der Waals surface area contributed by atoms with Crippen LogP contribution in [-0.4, -0.2) is 34.1 Å². The zero-order valence-corrected chi connectivity index (χ0v) is 15.4. The van der Waals surface area contributed by atoms with Crippen LogP contribution >= 0.6 is 23.5 Å². The molecule has 1 aliphatic rings. The van der Waals surface area contributed by atoms with Crippen molar-refractivity contribution in [2.75, 3.05) is 11.5 Å². The van der Waals surface area contributed by atoms with Gasteiger partial charge in [-0.3, -0.25) is 4.79 Å². The average Bonchev–Trinajstić information content (AvgIpc) is 3.00. The van der Waals surface area contributed by atoms with E-state index in [4.69, 9.17) is 5.73 Å². The Morgan fingerprint density at radius 3 is 2.33 bits per heavy atom. The van der Waals surface area contributed by atoms with Crippen molar-refractivity contribution in [1.29, 1.82) is 0 Å². The Hall–Kier alpha value is 0.130. The lowest BCUT2D eigenvalue weighted by Gasteiger charge is -2.26. The summed E-state index contributed by atoms with van der Waals surface area (Å²) in [5.74, 6) is 3.00. The Bertz CT molecular complexity index is 296. The molecule has 2 unspecified atom stereocenters. The lowest BCUT2D eigenvalue weighted by atomic mass is 9.91. The van der Waals surface area contributed by atoms with Crippen molar-refractivity contribution >= 4 is 29.4 Å². The van der Waals surface area contributed by atoms with Crippen LogP contribution in [0.15, 0.2) is 0 Å². The molecule has 1 aliphatic heterocycles. The van der Waals surface area contributed by atoms with Crippen LogP contribution in [0, 0.1) is 5.92 Å². The molecule has 3 nitrogen and oxygen atoms in total. The first-order valence-corrected chi connectivity index (χ1v) is 10.5. The third kappa shape index (κ3) is 6.83. The normalized spacial score (nSPS) is 20.2. The summed E-state index contributed by atoms with van der Waals surface area (Å²) >= 11 is 3.65. The first-order valence-electron chi connectivity index (χ1n) is 8.41. The van der Waals surface area contributed by atoms with Crippen LogP contribution in [0.2, 0.25) is 0 Å². The van der Waals surface area contributed by atoms with Crippen molar-refractivity contribution < 1.29 is 4.79 Å². The summed E-state index contributed by atoms with van der Waals surface area (Å²) in [5, 5.41) is 3.23. The number of nitrogens with one attached hydrogen (secondary N) is 1. The molecule has 1 fully saturated rings. The van der Waals surface area contributed by atoms with Crippen LogP contribution in [0.1, 0.15) is 59.3 Å². The SMILES string of the molecule is CCCC(CC)C[C@@H](CCC)NC(=O)C(N)C1SCCS1. The van der Waals surface area contributed by atoms with Crippen molar-refractivity contribution in [3.8, 4) is 0 Å². The number of rotatable bonds is 10. The second-order valence-electron chi connectivity index (χ2n) is 5.93. The number of thioether (sulfide) groups is 2. The summed E-state index contributed by atoms with van der Waals surface area (Å²) in [6.07, 6.45) is 6.94. The first-order chi connectivity index (χ1) is 10.1. The van der Waals surface area contributed by atoms with Gasteiger partial charge in [-0.15, -0.1) is 23.5 Å². The summed E-state index contributed by atoms with van der Waals surface area (Å²) < 4.78 is 0.241. The lowest BCUT2D eigenvalue weighted by Crippen LogP contribution is -2.49. The minimum Gasteiger partial charge on any atom is -0.352 e. The van der Waals surface area contributed by atoms with Crippen LogP contribution in [0.4, 0.5) is 0 Å². The molecule has 1 saturated heterocycles. The van der Waals surface area contributed by atoms with Crippen LogP contribution in [0.5, 0.6) is 0 Å². The van der Waals surface area contributed by atoms with Gasteiger partial charge in [-0.05, 0) is 18.8 Å². The number of carbonyl (C=O) groups excluding carboxylic acids is 1. The molecule has 0 saturated carbocycles. The molecule has 3 N–H and O–H groups in total. The fourth-order valence-electron chi connectivity index (χ4n) is 2.90. The van der Waals surface area contributed by atoms with Gasteiger partial charge in [0.15, 0.2) is 0 Å². The third-order valence-electron chi connectivity index (χ3n) is 4.12. The Balaban J connectivity index is 2.49. The van der Waals surface area contributed by atoms with E-state index in [1.807, 2.05) is 23.5 Å². The van der Waals surface area contributed by atoms with E-state index in [9.17, 15) is 4.79 Å². The fraction of sp³-hybridized carbons (Fsp3) is 0.938.